The molecule has 3 aromatic carbocycles. The van der Waals surface area contributed by atoms with E-state index in [0.29, 0.717) is 23.1 Å². The Bertz CT molecular complexity index is 1440. The lowest BCUT2D eigenvalue weighted by atomic mass is 9.95. The molecule has 0 spiro atoms. The van der Waals surface area contributed by atoms with Crippen molar-refractivity contribution in [2.75, 3.05) is 17.5 Å². The zero-order chi connectivity index (χ0) is 30.1. The van der Waals surface area contributed by atoms with Crippen LogP contribution < -0.4 is 14.4 Å². The summed E-state index contributed by atoms with van der Waals surface area (Å²) in [5, 5.41) is 3.61. The molecule has 8 nitrogen and oxygen atoms in total. The van der Waals surface area contributed by atoms with Crippen LogP contribution in [0.5, 0.6) is 5.75 Å². The summed E-state index contributed by atoms with van der Waals surface area (Å²) in [6.07, 6.45) is 5.07. The second-order valence-corrected chi connectivity index (χ2v) is 12.7. The number of nitrogens with one attached hydrogen (secondary N) is 1. The maximum atomic E-state index is 14.1. The summed E-state index contributed by atoms with van der Waals surface area (Å²) in [5.74, 6) is -0.203. The first-order valence-electron chi connectivity index (χ1n) is 14.3. The maximum absolute atomic E-state index is 14.1. The van der Waals surface area contributed by atoms with Crippen LogP contribution in [0.4, 0.5) is 5.69 Å². The lowest BCUT2D eigenvalue weighted by molar-refractivity contribution is -0.139. The Morgan fingerprint density at radius 1 is 0.976 bits per heavy atom. The molecular weight excluding hydrogens is 574 g/mol. The van der Waals surface area contributed by atoms with E-state index in [0.717, 1.165) is 42.0 Å². The van der Waals surface area contributed by atoms with Gasteiger partial charge in [-0.3, -0.25) is 13.9 Å². The van der Waals surface area contributed by atoms with Crippen LogP contribution in [0.2, 0.25) is 5.02 Å². The number of benzene rings is 3. The highest BCUT2D eigenvalue weighted by Gasteiger charge is 2.33. The molecule has 0 saturated heterocycles. The number of hydrogen-bond donors (Lipinski definition) is 1. The third kappa shape index (κ3) is 8.04. The fourth-order valence-electron chi connectivity index (χ4n) is 5.11. The SMILES string of the molecule is CCOc1ccc(N(CC(=O)N(Cc2cccc(Cl)c2)[C@H](C)C(=O)NC2CCCCC2)S(=O)(=O)c2ccccc2)cc1. The fourth-order valence-corrected chi connectivity index (χ4v) is 6.76. The van der Waals surface area contributed by atoms with Crippen molar-refractivity contribution in [3.63, 3.8) is 0 Å². The zero-order valence-electron chi connectivity index (χ0n) is 24.0. The summed E-state index contributed by atoms with van der Waals surface area (Å²) in [5.41, 5.74) is 1.03. The Morgan fingerprint density at radius 3 is 2.31 bits per heavy atom. The molecule has 1 N–H and O–H groups in total. The van der Waals surface area contributed by atoms with Crippen LogP contribution in [-0.2, 0) is 26.2 Å². The van der Waals surface area contributed by atoms with Gasteiger partial charge in [0.05, 0.1) is 17.2 Å². The Hall–Kier alpha value is -3.56. The fraction of sp³-hybridized carbons (Fsp3) is 0.375. The number of carbonyl (C=O) groups excluding carboxylic acids is 2. The minimum absolute atomic E-state index is 0.0520. The molecule has 1 aliphatic carbocycles. The number of halogens is 1. The Labute approximate surface area is 253 Å². The molecule has 0 aliphatic heterocycles. The average molecular weight is 612 g/mol. The van der Waals surface area contributed by atoms with Gasteiger partial charge in [0.1, 0.15) is 18.3 Å². The van der Waals surface area contributed by atoms with Gasteiger partial charge in [-0.2, -0.15) is 0 Å². The molecule has 0 unspecified atom stereocenters. The number of sulfonamides is 1. The molecule has 3 aromatic rings. The zero-order valence-corrected chi connectivity index (χ0v) is 25.6. The number of nitrogens with zero attached hydrogens (tertiary/aromatic N) is 2. The minimum Gasteiger partial charge on any atom is -0.494 e. The van der Waals surface area contributed by atoms with Crippen LogP contribution in [0.3, 0.4) is 0 Å². The lowest BCUT2D eigenvalue weighted by Crippen LogP contribution is -2.53. The van der Waals surface area contributed by atoms with E-state index in [9.17, 15) is 18.0 Å². The van der Waals surface area contributed by atoms with Crippen molar-refractivity contribution in [3.8, 4) is 5.75 Å². The Morgan fingerprint density at radius 2 is 1.67 bits per heavy atom. The number of anilines is 1. The van der Waals surface area contributed by atoms with Gasteiger partial charge in [-0.05, 0) is 80.8 Å². The number of rotatable bonds is 12. The summed E-state index contributed by atoms with van der Waals surface area (Å²) in [6.45, 7) is 3.57. The molecule has 1 fully saturated rings. The van der Waals surface area contributed by atoms with Gasteiger partial charge in [0.25, 0.3) is 10.0 Å². The predicted molar refractivity (Wildman–Crippen MR) is 165 cm³/mol. The van der Waals surface area contributed by atoms with E-state index in [2.05, 4.69) is 5.32 Å². The summed E-state index contributed by atoms with van der Waals surface area (Å²) in [7, 11) is -4.13. The third-order valence-electron chi connectivity index (χ3n) is 7.41. The van der Waals surface area contributed by atoms with Gasteiger partial charge in [-0.15, -0.1) is 0 Å². The molecule has 1 aliphatic rings. The predicted octanol–water partition coefficient (Wildman–Crippen LogP) is 5.80. The Balaban J connectivity index is 1.67. The van der Waals surface area contributed by atoms with E-state index in [-0.39, 0.29) is 23.4 Å². The van der Waals surface area contributed by atoms with Crippen molar-refractivity contribution in [2.45, 2.75) is 69.5 Å². The molecule has 1 atom stereocenters. The van der Waals surface area contributed by atoms with E-state index < -0.39 is 28.5 Å². The highest BCUT2D eigenvalue weighted by molar-refractivity contribution is 7.92. The molecule has 10 heteroatoms. The van der Waals surface area contributed by atoms with Crippen LogP contribution in [0.15, 0.2) is 83.8 Å². The van der Waals surface area contributed by atoms with Crippen LogP contribution >= 0.6 is 11.6 Å². The second kappa shape index (κ2) is 14.6. The molecule has 0 heterocycles. The average Bonchev–Trinajstić information content (AvgIpc) is 3.00. The minimum atomic E-state index is -4.13. The van der Waals surface area contributed by atoms with E-state index in [1.165, 1.54) is 17.0 Å². The topological polar surface area (TPSA) is 96.0 Å². The number of ether oxygens (including phenoxy) is 1. The van der Waals surface area contributed by atoms with Gasteiger partial charge in [-0.1, -0.05) is 61.2 Å². The van der Waals surface area contributed by atoms with Crippen LogP contribution in [0.1, 0.15) is 51.5 Å². The number of carbonyl (C=O) groups is 2. The molecule has 1 saturated carbocycles. The third-order valence-corrected chi connectivity index (χ3v) is 9.43. The van der Waals surface area contributed by atoms with Crippen molar-refractivity contribution < 1.29 is 22.7 Å². The summed E-state index contributed by atoms with van der Waals surface area (Å²) in [4.78, 5) is 29.0. The van der Waals surface area contributed by atoms with Crippen LogP contribution in [0, 0.1) is 0 Å². The summed E-state index contributed by atoms with van der Waals surface area (Å²) < 4.78 is 34.4. The quantitative estimate of drug-likeness (QED) is 0.279. The molecule has 0 radical (unpaired) electrons. The molecular formula is C32H38ClN3O5S. The first kappa shape index (κ1) is 31.4. The first-order valence-corrected chi connectivity index (χ1v) is 16.2. The maximum Gasteiger partial charge on any atom is 0.264 e. The van der Waals surface area contributed by atoms with Crippen molar-refractivity contribution in [2.24, 2.45) is 0 Å². The standard InChI is InChI=1S/C32H38ClN3O5S/c1-3-41-29-19-17-28(18-20-29)36(42(39,40)30-15-8-5-9-16-30)23-31(37)35(22-25-11-10-12-26(33)21-25)24(2)32(38)34-27-13-6-4-7-14-27/h5,8-12,15-21,24,27H,3-4,6-7,13-14,22-23H2,1-2H3,(H,34,38)/t24-/m1/s1. The molecule has 4 rings (SSSR count). The van der Waals surface area contributed by atoms with E-state index >= 15 is 0 Å². The van der Waals surface area contributed by atoms with Crippen molar-refractivity contribution in [3.05, 3.63) is 89.4 Å². The summed E-state index contributed by atoms with van der Waals surface area (Å²) in [6, 6.07) is 20.8. The monoisotopic (exact) mass is 611 g/mol. The van der Waals surface area contributed by atoms with Crippen LogP contribution in [-0.4, -0.2) is 50.4 Å². The van der Waals surface area contributed by atoms with Gasteiger partial charge in [0, 0.05) is 17.6 Å². The van der Waals surface area contributed by atoms with Gasteiger partial charge in [0.2, 0.25) is 11.8 Å². The van der Waals surface area contributed by atoms with E-state index in [1.807, 2.05) is 13.0 Å². The van der Waals surface area contributed by atoms with Crippen molar-refractivity contribution in [1.29, 1.82) is 0 Å². The molecule has 224 valence electrons. The smallest absolute Gasteiger partial charge is 0.264 e. The van der Waals surface area contributed by atoms with Crippen molar-refractivity contribution >= 4 is 39.1 Å². The molecule has 42 heavy (non-hydrogen) atoms. The van der Waals surface area contributed by atoms with Gasteiger partial charge in [0.15, 0.2) is 0 Å². The first-order chi connectivity index (χ1) is 20.2. The van der Waals surface area contributed by atoms with Gasteiger partial charge >= 0.3 is 0 Å². The Kier molecular flexibility index (Phi) is 10.9. The highest BCUT2D eigenvalue weighted by Crippen LogP contribution is 2.27. The van der Waals surface area contributed by atoms with Gasteiger partial charge in [-0.25, -0.2) is 8.42 Å². The van der Waals surface area contributed by atoms with Gasteiger partial charge < -0.3 is 15.0 Å². The summed E-state index contributed by atoms with van der Waals surface area (Å²) >= 11 is 6.23. The number of amides is 2. The largest absolute Gasteiger partial charge is 0.494 e. The highest BCUT2D eigenvalue weighted by atomic mass is 35.5. The van der Waals surface area contributed by atoms with E-state index in [4.69, 9.17) is 16.3 Å². The normalized spacial score (nSPS) is 14.5. The molecule has 0 bridgehead atoms. The lowest BCUT2D eigenvalue weighted by Gasteiger charge is -2.33. The van der Waals surface area contributed by atoms with E-state index in [1.54, 1.807) is 67.6 Å². The molecule has 2 amide bonds. The number of hydrogen-bond acceptors (Lipinski definition) is 5. The molecule has 0 aromatic heterocycles. The second-order valence-electron chi connectivity index (χ2n) is 10.4. The van der Waals surface area contributed by atoms with Crippen LogP contribution in [0.25, 0.3) is 0 Å². The van der Waals surface area contributed by atoms with Crippen molar-refractivity contribution in [1.82, 2.24) is 10.2 Å².